The van der Waals surface area contributed by atoms with Crippen LogP contribution in [0.1, 0.15) is 39.2 Å². The topological polar surface area (TPSA) is 43.4 Å². The number of rotatable bonds is 6. The van der Waals surface area contributed by atoms with Gasteiger partial charge in [0.2, 0.25) is 5.24 Å². The lowest BCUT2D eigenvalue weighted by atomic mass is 9.84. The number of carbonyl (C=O) groups is 2. The van der Waals surface area contributed by atoms with Gasteiger partial charge in [-0.3, -0.25) is 9.59 Å². The van der Waals surface area contributed by atoms with E-state index in [0.29, 0.717) is 18.6 Å². The maximum Gasteiger partial charge on any atom is 0.326 e. The highest BCUT2D eigenvalue weighted by atomic mass is 35.5. The second kappa shape index (κ2) is 6.71. The normalized spacial score (nSPS) is 11.2. The number of esters is 1. The van der Waals surface area contributed by atoms with Crippen molar-refractivity contribution >= 4 is 22.8 Å². The summed E-state index contributed by atoms with van der Waals surface area (Å²) in [5.74, 6) is -0.0717. The molecule has 1 rings (SSSR count). The average molecular weight is 283 g/mol. The SMILES string of the molecule is CCc1ccccc1OC(=O)C(CC)(CC)C(=O)Cl. The predicted octanol–water partition coefficient (Wildman–Crippen LogP) is 3.73. The van der Waals surface area contributed by atoms with E-state index in [9.17, 15) is 9.59 Å². The van der Waals surface area contributed by atoms with E-state index in [1.807, 2.05) is 19.1 Å². The highest BCUT2D eigenvalue weighted by molar-refractivity contribution is 6.66. The van der Waals surface area contributed by atoms with Crippen LogP contribution < -0.4 is 4.74 Å². The molecule has 0 unspecified atom stereocenters. The molecule has 0 heterocycles. The number of hydrogen-bond donors (Lipinski definition) is 0. The summed E-state index contributed by atoms with van der Waals surface area (Å²) in [7, 11) is 0. The van der Waals surface area contributed by atoms with Crippen molar-refractivity contribution in [3.63, 3.8) is 0 Å². The predicted molar refractivity (Wildman–Crippen MR) is 75.3 cm³/mol. The van der Waals surface area contributed by atoms with Crippen LogP contribution in [0, 0.1) is 5.41 Å². The lowest BCUT2D eigenvalue weighted by molar-refractivity contribution is -0.150. The van der Waals surface area contributed by atoms with Crippen LogP contribution in [0.15, 0.2) is 24.3 Å². The third kappa shape index (κ3) is 3.16. The molecule has 3 nitrogen and oxygen atoms in total. The molecule has 1 aromatic rings. The van der Waals surface area contributed by atoms with Crippen molar-refractivity contribution in [3.05, 3.63) is 29.8 Å². The van der Waals surface area contributed by atoms with Gasteiger partial charge in [-0.05, 0) is 42.5 Å². The largest absolute Gasteiger partial charge is 0.425 e. The summed E-state index contributed by atoms with van der Waals surface area (Å²) < 4.78 is 5.40. The monoisotopic (exact) mass is 282 g/mol. The van der Waals surface area contributed by atoms with Crippen LogP contribution in [-0.4, -0.2) is 11.2 Å². The Kier molecular flexibility index (Phi) is 5.55. The van der Waals surface area contributed by atoms with E-state index < -0.39 is 16.6 Å². The van der Waals surface area contributed by atoms with Crippen LogP contribution in [0.2, 0.25) is 0 Å². The second-order valence-electron chi connectivity index (χ2n) is 4.41. The number of ether oxygens (including phenoxy) is 1. The van der Waals surface area contributed by atoms with Gasteiger partial charge in [-0.1, -0.05) is 39.0 Å². The van der Waals surface area contributed by atoms with Crippen molar-refractivity contribution in [1.29, 1.82) is 0 Å². The van der Waals surface area contributed by atoms with E-state index in [2.05, 4.69) is 0 Å². The highest BCUT2D eigenvalue weighted by Crippen LogP contribution is 2.32. The number of benzene rings is 1. The first-order valence-corrected chi connectivity index (χ1v) is 6.89. The Bertz CT molecular complexity index is 464. The second-order valence-corrected chi connectivity index (χ2v) is 4.76. The number of halogens is 1. The van der Waals surface area contributed by atoms with Gasteiger partial charge >= 0.3 is 5.97 Å². The van der Waals surface area contributed by atoms with E-state index in [1.165, 1.54) is 0 Å². The minimum absolute atomic E-state index is 0.332. The van der Waals surface area contributed by atoms with Crippen LogP contribution in [0.3, 0.4) is 0 Å². The minimum atomic E-state index is -1.25. The Morgan fingerprint density at radius 3 is 2.21 bits per heavy atom. The quantitative estimate of drug-likeness (QED) is 0.346. The molecule has 1 aromatic carbocycles. The van der Waals surface area contributed by atoms with Crippen molar-refractivity contribution < 1.29 is 14.3 Å². The van der Waals surface area contributed by atoms with Gasteiger partial charge in [-0.2, -0.15) is 0 Å². The molecule has 0 N–H and O–H groups in total. The van der Waals surface area contributed by atoms with Gasteiger partial charge in [0.15, 0.2) is 0 Å². The molecule has 0 aliphatic rings. The minimum Gasteiger partial charge on any atom is -0.425 e. The van der Waals surface area contributed by atoms with Gasteiger partial charge in [0, 0.05) is 0 Å². The lowest BCUT2D eigenvalue weighted by Gasteiger charge is -2.25. The molecular weight excluding hydrogens is 264 g/mol. The van der Waals surface area contributed by atoms with Gasteiger partial charge < -0.3 is 4.74 Å². The lowest BCUT2D eigenvalue weighted by Crippen LogP contribution is -2.39. The maximum absolute atomic E-state index is 12.3. The van der Waals surface area contributed by atoms with Gasteiger partial charge in [0.1, 0.15) is 11.2 Å². The van der Waals surface area contributed by atoms with E-state index >= 15 is 0 Å². The Morgan fingerprint density at radius 1 is 1.16 bits per heavy atom. The van der Waals surface area contributed by atoms with Gasteiger partial charge in [0.05, 0.1) is 0 Å². The van der Waals surface area contributed by atoms with E-state index in [-0.39, 0.29) is 0 Å². The fraction of sp³-hybridized carbons (Fsp3) is 0.467. The standard InChI is InChI=1S/C15H19ClO3/c1-4-11-9-7-8-10-12(11)19-14(18)15(5-2,6-3)13(16)17/h7-10H,4-6H2,1-3H3. The average Bonchev–Trinajstić information content (AvgIpc) is 2.41. The van der Waals surface area contributed by atoms with E-state index in [4.69, 9.17) is 16.3 Å². The molecule has 4 heteroatoms. The number of hydrogen-bond acceptors (Lipinski definition) is 3. The first kappa shape index (κ1) is 15.7. The van der Waals surface area contributed by atoms with Crippen LogP contribution in [0.4, 0.5) is 0 Å². The summed E-state index contributed by atoms with van der Waals surface area (Å²) >= 11 is 5.60. The van der Waals surface area contributed by atoms with Crippen LogP contribution in [0.25, 0.3) is 0 Å². The zero-order chi connectivity index (χ0) is 14.5. The van der Waals surface area contributed by atoms with Crippen molar-refractivity contribution in [2.24, 2.45) is 5.41 Å². The fourth-order valence-electron chi connectivity index (χ4n) is 1.99. The first-order chi connectivity index (χ1) is 9.01. The third-order valence-corrected chi connectivity index (χ3v) is 3.89. The smallest absolute Gasteiger partial charge is 0.326 e. The van der Waals surface area contributed by atoms with Gasteiger partial charge in [0.25, 0.3) is 0 Å². The number of para-hydroxylation sites is 1. The zero-order valence-electron chi connectivity index (χ0n) is 11.5. The fourth-order valence-corrected chi connectivity index (χ4v) is 2.33. The molecule has 0 radical (unpaired) electrons. The Labute approximate surface area is 118 Å². The highest BCUT2D eigenvalue weighted by Gasteiger charge is 2.43. The molecule has 104 valence electrons. The molecule has 0 bridgehead atoms. The molecule has 0 fully saturated rings. The third-order valence-electron chi connectivity index (χ3n) is 3.53. The van der Waals surface area contributed by atoms with E-state index in [0.717, 1.165) is 12.0 Å². The van der Waals surface area contributed by atoms with Gasteiger partial charge in [-0.25, -0.2) is 0 Å². The summed E-state index contributed by atoms with van der Waals surface area (Å²) in [6, 6.07) is 7.30. The van der Waals surface area contributed by atoms with E-state index in [1.54, 1.807) is 26.0 Å². The van der Waals surface area contributed by atoms with Gasteiger partial charge in [-0.15, -0.1) is 0 Å². The molecule has 0 aliphatic carbocycles. The number of carbonyl (C=O) groups excluding carboxylic acids is 2. The van der Waals surface area contributed by atoms with Crippen molar-refractivity contribution in [3.8, 4) is 5.75 Å². The molecule has 0 spiro atoms. The van der Waals surface area contributed by atoms with Crippen LogP contribution >= 0.6 is 11.6 Å². The van der Waals surface area contributed by atoms with Crippen molar-refractivity contribution in [1.82, 2.24) is 0 Å². The Balaban J connectivity index is 3.04. The Hall–Kier alpha value is -1.35. The zero-order valence-corrected chi connectivity index (χ0v) is 12.3. The molecule has 0 saturated heterocycles. The molecule has 0 aliphatic heterocycles. The van der Waals surface area contributed by atoms with Crippen molar-refractivity contribution in [2.45, 2.75) is 40.0 Å². The Morgan fingerprint density at radius 2 is 1.74 bits per heavy atom. The van der Waals surface area contributed by atoms with Crippen molar-refractivity contribution in [2.75, 3.05) is 0 Å². The molecule has 0 amide bonds. The molecule has 0 aromatic heterocycles. The summed E-state index contributed by atoms with van der Waals surface area (Å²) in [5.41, 5.74) is -0.318. The summed E-state index contributed by atoms with van der Waals surface area (Å²) in [6.45, 7) is 5.50. The number of aryl methyl sites for hydroxylation is 1. The first-order valence-electron chi connectivity index (χ1n) is 6.51. The molecule has 19 heavy (non-hydrogen) atoms. The van der Waals surface area contributed by atoms with Crippen LogP contribution in [0.5, 0.6) is 5.75 Å². The summed E-state index contributed by atoms with van der Waals surface area (Å²) in [6.07, 6.45) is 1.42. The van der Waals surface area contributed by atoms with Crippen LogP contribution in [-0.2, 0) is 16.0 Å². The summed E-state index contributed by atoms with van der Waals surface area (Å²) in [4.78, 5) is 23.9. The summed E-state index contributed by atoms with van der Waals surface area (Å²) in [5, 5.41) is -0.656. The molecule has 0 saturated carbocycles. The molecule has 0 atom stereocenters. The maximum atomic E-state index is 12.3. The molecular formula is C15H19ClO3.